The molecule has 0 aliphatic carbocycles. The van der Waals surface area contributed by atoms with Gasteiger partial charge in [-0.05, 0) is 25.1 Å². The number of hydrogen-bond donors (Lipinski definition) is 1. The molecule has 0 saturated carbocycles. The first-order valence-electron chi connectivity index (χ1n) is 4.15. The van der Waals surface area contributed by atoms with Gasteiger partial charge in [-0.1, -0.05) is 5.16 Å². The van der Waals surface area contributed by atoms with E-state index in [9.17, 15) is 4.39 Å². The largest absolute Gasteiger partial charge is 0.396 e. The molecule has 0 amide bonds. The second-order valence-electron chi connectivity index (χ2n) is 3.07. The molecule has 2 N–H and O–H groups in total. The minimum absolute atomic E-state index is 0.108. The molecule has 1 heterocycles. The van der Waals surface area contributed by atoms with Gasteiger partial charge >= 0.3 is 0 Å². The van der Waals surface area contributed by atoms with Crippen LogP contribution < -0.4 is 5.73 Å². The predicted octanol–water partition coefficient (Wildman–Crippen LogP) is 2.37. The Balaban J connectivity index is 2.47. The van der Waals surface area contributed by atoms with Crippen molar-refractivity contribution in [1.29, 1.82) is 0 Å². The Morgan fingerprint density at radius 1 is 1.36 bits per heavy atom. The number of nitrogens with two attached hydrogens (primary N) is 1. The molecule has 1 aromatic carbocycles. The normalized spacial score (nSPS) is 10.4. The Labute approximate surface area is 80.3 Å². The number of anilines is 1. The van der Waals surface area contributed by atoms with Crippen molar-refractivity contribution in [2.75, 3.05) is 5.73 Å². The Hall–Kier alpha value is -1.84. The molecule has 0 atom stereocenters. The van der Waals surface area contributed by atoms with Crippen LogP contribution in [0.3, 0.4) is 0 Å². The molecule has 0 aliphatic heterocycles. The van der Waals surface area contributed by atoms with E-state index < -0.39 is 5.82 Å². The highest BCUT2D eigenvalue weighted by atomic mass is 19.1. The Morgan fingerprint density at radius 2 is 2.14 bits per heavy atom. The van der Waals surface area contributed by atoms with Gasteiger partial charge in [0.15, 0.2) is 5.76 Å². The molecular weight excluding hydrogens is 183 g/mol. The fourth-order valence-corrected chi connectivity index (χ4v) is 1.20. The average molecular weight is 192 g/mol. The molecule has 0 spiro atoms. The smallest absolute Gasteiger partial charge is 0.167 e. The Bertz CT molecular complexity index is 465. The van der Waals surface area contributed by atoms with Gasteiger partial charge in [-0.3, -0.25) is 0 Å². The third-order valence-corrected chi connectivity index (χ3v) is 1.91. The number of aryl methyl sites for hydroxylation is 1. The van der Waals surface area contributed by atoms with Gasteiger partial charge in [0.2, 0.25) is 0 Å². The molecule has 0 bridgehead atoms. The van der Waals surface area contributed by atoms with Gasteiger partial charge in [-0.2, -0.15) is 0 Å². The summed E-state index contributed by atoms with van der Waals surface area (Å²) in [5, 5.41) is 3.74. The fourth-order valence-electron chi connectivity index (χ4n) is 1.20. The molecule has 0 unspecified atom stereocenters. The van der Waals surface area contributed by atoms with Crippen molar-refractivity contribution >= 4 is 5.69 Å². The van der Waals surface area contributed by atoms with Gasteiger partial charge in [0, 0.05) is 11.6 Å². The lowest BCUT2D eigenvalue weighted by molar-refractivity contribution is 0.427. The van der Waals surface area contributed by atoms with Crippen LogP contribution in [0.1, 0.15) is 5.69 Å². The summed E-state index contributed by atoms with van der Waals surface area (Å²) < 4.78 is 17.9. The summed E-state index contributed by atoms with van der Waals surface area (Å²) in [7, 11) is 0. The number of aromatic nitrogens is 1. The van der Waals surface area contributed by atoms with Gasteiger partial charge in [-0.15, -0.1) is 0 Å². The molecule has 14 heavy (non-hydrogen) atoms. The van der Waals surface area contributed by atoms with E-state index in [2.05, 4.69) is 5.16 Å². The number of nitrogens with zero attached hydrogens (tertiary/aromatic N) is 1. The van der Waals surface area contributed by atoms with Crippen LogP contribution in [0, 0.1) is 12.7 Å². The van der Waals surface area contributed by atoms with Crippen molar-refractivity contribution < 1.29 is 8.91 Å². The molecule has 3 nitrogen and oxygen atoms in total. The number of benzene rings is 1. The highest BCUT2D eigenvalue weighted by Crippen LogP contribution is 2.23. The van der Waals surface area contributed by atoms with E-state index in [0.717, 1.165) is 11.3 Å². The van der Waals surface area contributed by atoms with E-state index in [0.29, 0.717) is 5.76 Å². The predicted molar refractivity (Wildman–Crippen MR) is 51.0 cm³/mol. The van der Waals surface area contributed by atoms with Crippen LogP contribution >= 0.6 is 0 Å². The monoisotopic (exact) mass is 192 g/mol. The standard InChI is InChI=1S/C10H9FN2O/c1-6-4-10(14-13-6)7-2-3-8(11)9(12)5-7/h2-5H,12H2,1H3. The lowest BCUT2D eigenvalue weighted by Crippen LogP contribution is -1.90. The van der Waals surface area contributed by atoms with E-state index in [-0.39, 0.29) is 5.69 Å². The first-order valence-corrected chi connectivity index (χ1v) is 4.15. The van der Waals surface area contributed by atoms with E-state index in [1.54, 1.807) is 12.1 Å². The third kappa shape index (κ3) is 1.46. The molecule has 1 aromatic heterocycles. The number of nitrogen functional groups attached to an aromatic ring is 1. The number of rotatable bonds is 1. The molecule has 4 heteroatoms. The lowest BCUT2D eigenvalue weighted by atomic mass is 10.1. The highest BCUT2D eigenvalue weighted by Gasteiger charge is 2.06. The molecule has 0 saturated heterocycles. The van der Waals surface area contributed by atoms with Crippen molar-refractivity contribution in [3.8, 4) is 11.3 Å². The van der Waals surface area contributed by atoms with E-state index in [1.165, 1.54) is 12.1 Å². The van der Waals surface area contributed by atoms with Crippen molar-refractivity contribution in [1.82, 2.24) is 5.16 Å². The van der Waals surface area contributed by atoms with E-state index in [1.807, 2.05) is 6.92 Å². The van der Waals surface area contributed by atoms with Crippen molar-refractivity contribution in [2.24, 2.45) is 0 Å². The van der Waals surface area contributed by atoms with Gasteiger partial charge in [0.1, 0.15) is 5.82 Å². The lowest BCUT2D eigenvalue weighted by Gasteiger charge is -1.98. The van der Waals surface area contributed by atoms with Crippen molar-refractivity contribution in [2.45, 2.75) is 6.92 Å². The zero-order valence-corrected chi connectivity index (χ0v) is 7.62. The minimum Gasteiger partial charge on any atom is -0.396 e. The zero-order valence-electron chi connectivity index (χ0n) is 7.62. The molecular formula is C10H9FN2O. The number of halogens is 1. The van der Waals surface area contributed by atoms with Gasteiger partial charge in [0.25, 0.3) is 0 Å². The molecule has 0 aliphatic rings. The van der Waals surface area contributed by atoms with Gasteiger partial charge in [0.05, 0.1) is 11.4 Å². The van der Waals surface area contributed by atoms with Gasteiger partial charge in [-0.25, -0.2) is 4.39 Å². The van der Waals surface area contributed by atoms with Crippen LogP contribution in [0.25, 0.3) is 11.3 Å². The van der Waals surface area contributed by atoms with E-state index in [4.69, 9.17) is 10.3 Å². The van der Waals surface area contributed by atoms with Crippen LogP contribution in [0.2, 0.25) is 0 Å². The average Bonchev–Trinajstić information content (AvgIpc) is 2.57. The molecule has 0 radical (unpaired) electrons. The number of hydrogen-bond acceptors (Lipinski definition) is 3. The first-order chi connectivity index (χ1) is 6.66. The van der Waals surface area contributed by atoms with Crippen LogP contribution in [-0.2, 0) is 0 Å². The molecule has 72 valence electrons. The van der Waals surface area contributed by atoms with Crippen molar-refractivity contribution in [3.05, 3.63) is 35.8 Å². The maximum absolute atomic E-state index is 12.8. The van der Waals surface area contributed by atoms with E-state index >= 15 is 0 Å². The fraction of sp³-hybridized carbons (Fsp3) is 0.100. The summed E-state index contributed by atoms with van der Waals surface area (Å²) in [6, 6.07) is 6.20. The summed E-state index contributed by atoms with van der Waals surface area (Å²) in [5.74, 6) is 0.166. The topological polar surface area (TPSA) is 52.0 Å². The summed E-state index contributed by atoms with van der Waals surface area (Å²) >= 11 is 0. The highest BCUT2D eigenvalue weighted by molar-refractivity contribution is 5.62. The summed E-state index contributed by atoms with van der Waals surface area (Å²) in [4.78, 5) is 0. The molecule has 0 fully saturated rings. The van der Waals surface area contributed by atoms with Gasteiger partial charge < -0.3 is 10.3 Å². The second kappa shape index (κ2) is 3.14. The van der Waals surface area contributed by atoms with Crippen LogP contribution in [0.4, 0.5) is 10.1 Å². The quantitative estimate of drug-likeness (QED) is 0.705. The molecule has 2 aromatic rings. The Kier molecular flexibility index (Phi) is 1.96. The zero-order chi connectivity index (χ0) is 10.1. The summed E-state index contributed by atoms with van der Waals surface area (Å²) in [6.45, 7) is 1.82. The Morgan fingerprint density at radius 3 is 2.71 bits per heavy atom. The maximum atomic E-state index is 12.8. The van der Waals surface area contributed by atoms with Crippen LogP contribution in [0.5, 0.6) is 0 Å². The summed E-state index contributed by atoms with van der Waals surface area (Å²) in [6.07, 6.45) is 0. The maximum Gasteiger partial charge on any atom is 0.167 e. The first kappa shape index (κ1) is 8.74. The molecule has 2 rings (SSSR count). The minimum atomic E-state index is -0.426. The SMILES string of the molecule is Cc1cc(-c2ccc(F)c(N)c2)on1. The van der Waals surface area contributed by atoms with Crippen LogP contribution in [-0.4, -0.2) is 5.16 Å². The second-order valence-corrected chi connectivity index (χ2v) is 3.07. The van der Waals surface area contributed by atoms with Crippen LogP contribution in [0.15, 0.2) is 28.8 Å². The third-order valence-electron chi connectivity index (χ3n) is 1.91. The van der Waals surface area contributed by atoms with Crippen molar-refractivity contribution in [3.63, 3.8) is 0 Å². The summed E-state index contributed by atoms with van der Waals surface area (Å²) in [5.41, 5.74) is 7.04.